The lowest BCUT2D eigenvalue weighted by Gasteiger charge is -2.12. The fraction of sp³-hybridized carbons (Fsp3) is 0.333. The Morgan fingerprint density at radius 3 is 3.00 bits per heavy atom. The normalized spacial score (nSPS) is 14.4. The van der Waals surface area contributed by atoms with E-state index in [0.717, 1.165) is 48.4 Å². The van der Waals surface area contributed by atoms with Crippen LogP contribution in [0.4, 0.5) is 5.82 Å². The molecule has 0 bridgehead atoms. The molecule has 3 rings (SSSR count). The molecule has 0 saturated carbocycles. The molecule has 1 aromatic heterocycles. The number of hydrogen-bond acceptors (Lipinski definition) is 3. The molecule has 0 atom stereocenters. The number of benzene rings is 1. The summed E-state index contributed by atoms with van der Waals surface area (Å²) in [6.45, 7) is 2.94. The summed E-state index contributed by atoms with van der Waals surface area (Å²) < 4.78 is 0. The number of rotatable bonds is 1. The van der Waals surface area contributed by atoms with Crippen molar-refractivity contribution >= 4 is 5.82 Å². The first-order chi connectivity index (χ1) is 9.24. The summed E-state index contributed by atoms with van der Waals surface area (Å²) >= 11 is 0. The highest BCUT2D eigenvalue weighted by atomic mass is 16.1. The number of fused-ring (bicyclic) bond motifs is 1. The van der Waals surface area contributed by atoms with Crippen molar-refractivity contribution in [3.8, 4) is 11.3 Å². The van der Waals surface area contributed by atoms with Crippen molar-refractivity contribution < 1.29 is 0 Å². The van der Waals surface area contributed by atoms with Gasteiger partial charge in [-0.15, -0.1) is 0 Å². The zero-order chi connectivity index (χ0) is 13.2. The van der Waals surface area contributed by atoms with Gasteiger partial charge in [0.2, 0.25) is 0 Å². The van der Waals surface area contributed by atoms with Crippen LogP contribution in [0.25, 0.3) is 11.3 Å². The van der Waals surface area contributed by atoms with E-state index in [4.69, 9.17) is 0 Å². The Bertz CT molecular complexity index is 661. The lowest BCUT2D eigenvalue weighted by molar-refractivity contribution is 0.785. The molecule has 2 heterocycles. The first-order valence-electron chi connectivity index (χ1n) is 6.68. The standard InChI is InChI=1S/C15H17N3O/c1-10-5-4-6-11(9-10)13-12-7-2-3-8-16-14(12)18-15(19)17-13/h4-6,9H,2-3,7-8H2,1H3,(H2,16,17,18,19). The topological polar surface area (TPSA) is 57.8 Å². The Morgan fingerprint density at radius 1 is 1.26 bits per heavy atom. The van der Waals surface area contributed by atoms with Crippen molar-refractivity contribution in [2.75, 3.05) is 11.9 Å². The van der Waals surface area contributed by atoms with Gasteiger partial charge in [-0.3, -0.25) is 0 Å². The van der Waals surface area contributed by atoms with Gasteiger partial charge in [-0.05, 0) is 37.8 Å². The van der Waals surface area contributed by atoms with Gasteiger partial charge in [0.05, 0.1) is 5.69 Å². The minimum atomic E-state index is -0.287. The van der Waals surface area contributed by atoms with Crippen LogP contribution in [0.2, 0.25) is 0 Å². The van der Waals surface area contributed by atoms with Gasteiger partial charge in [0.15, 0.2) is 0 Å². The van der Waals surface area contributed by atoms with E-state index < -0.39 is 0 Å². The van der Waals surface area contributed by atoms with E-state index in [9.17, 15) is 4.79 Å². The lowest BCUT2D eigenvalue weighted by Crippen LogP contribution is -2.17. The number of aryl methyl sites for hydroxylation is 1. The Labute approximate surface area is 111 Å². The maximum absolute atomic E-state index is 11.7. The van der Waals surface area contributed by atoms with E-state index in [1.54, 1.807) is 0 Å². The average molecular weight is 255 g/mol. The van der Waals surface area contributed by atoms with E-state index in [2.05, 4.69) is 34.3 Å². The molecule has 4 nitrogen and oxygen atoms in total. The highest BCUT2D eigenvalue weighted by Gasteiger charge is 2.15. The van der Waals surface area contributed by atoms with Crippen LogP contribution in [0.5, 0.6) is 0 Å². The quantitative estimate of drug-likeness (QED) is 0.823. The third-order valence-corrected chi connectivity index (χ3v) is 3.49. The highest BCUT2D eigenvalue weighted by molar-refractivity contribution is 5.69. The predicted molar refractivity (Wildman–Crippen MR) is 76.5 cm³/mol. The second-order valence-electron chi connectivity index (χ2n) is 5.00. The van der Waals surface area contributed by atoms with E-state index in [1.807, 2.05) is 12.1 Å². The SMILES string of the molecule is Cc1cccc(-c2[nH]c(=O)nc3c2CCCCN3)c1. The largest absolute Gasteiger partial charge is 0.370 e. The average Bonchev–Trinajstić information content (AvgIpc) is 2.63. The lowest BCUT2D eigenvalue weighted by atomic mass is 10.0. The van der Waals surface area contributed by atoms with E-state index >= 15 is 0 Å². The Kier molecular flexibility index (Phi) is 3.07. The van der Waals surface area contributed by atoms with Crippen molar-refractivity contribution in [1.82, 2.24) is 9.97 Å². The predicted octanol–water partition coefficient (Wildman–Crippen LogP) is 2.49. The van der Waals surface area contributed by atoms with Gasteiger partial charge in [0.1, 0.15) is 5.82 Å². The molecule has 98 valence electrons. The molecule has 1 aliphatic rings. The smallest absolute Gasteiger partial charge is 0.347 e. The Morgan fingerprint density at radius 2 is 2.16 bits per heavy atom. The minimum absolute atomic E-state index is 0.287. The van der Waals surface area contributed by atoms with Crippen molar-refractivity contribution in [2.45, 2.75) is 26.2 Å². The molecule has 0 amide bonds. The van der Waals surface area contributed by atoms with Gasteiger partial charge in [0, 0.05) is 12.1 Å². The van der Waals surface area contributed by atoms with Crippen LogP contribution in [-0.4, -0.2) is 16.5 Å². The minimum Gasteiger partial charge on any atom is -0.370 e. The Balaban J connectivity index is 2.20. The van der Waals surface area contributed by atoms with Crippen LogP contribution in [0.1, 0.15) is 24.0 Å². The van der Waals surface area contributed by atoms with Crippen LogP contribution in [-0.2, 0) is 6.42 Å². The van der Waals surface area contributed by atoms with Gasteiger partial charge in [0.25, 0.3) is 0 Å². The van der Waals surface area contributed by atoms with E-state index in [0.29, 0.717) is 0 Å². The van der Waals surface area contributed by atoms with Crippen LogP contribution >= 0.6 is 0 Å². The second kappa shape index (κ2) is 4.88. The molecule has 0 fully saturated rings. The molecule has 0 unspecified atom stereocenters. The van der Waals surface area contributed by atoms with Gasteiger partial charge in [-0.1, -0.05) is 23.8 Å². The summed E-state index contributed by atoms with van der Waals surface area (Å²) in [5.41, 5.74) is 3.99. The molecule has 1 aromatic carbocycles. The monoisotopic (exact) mass is 255 g/mol. The van der Waals surface area contributed by atoms with E-state index in [-0.39, 0.29) is 5.69 Å². The first kappa shape index (κ1) is 12.0. The number of aromatic nitrogens is 2. The number of nitrogens with zero attached hydrogens (tertiary/aromatic N) is 1. The molecular weight excluding hydrogens is 238 g/mol. The molecule has 2 aromatic rings. The zero-order valence-corrected chi connectivity index (χ0v) is 11.0. The summed E-state index contributed by atoms with van der Waals surface area (Å²) in [4.78, 5) is 18.7. The Hall–Kier alpha value is -2.10. The maximum atomic E-state index is 11.7. The van der Waals surface area contributed by atoms with Crippen molar-refractivity contribution in [1.29, 1.82) is 0 Å². The molecule has 0 saturated heterocycles. The molecule has 4 heteroatoms. The molecule has 0 spiro atoms. The molecule has 1 aliphatic heterocycles. The van der Waals surface area contributed by atoms with Crippen LogP contribution < -0.4 is 11.0 Å². The van der Waals surface area contributed by atoms with Crippen LogP contribution in [0.15, 0.2) is 29.1 Å². The van der Waals surface area contributed by atoms with Gasteiger partial charge >= 0.3 is 5.69 Å². The summed E-state index contributed by atoms with van der Waals surface area (Å²) in [5.74, 6) is 0.748. The third kappa shape index (κ3) is 2.38. The summed E-state index contributed by atoms with van der Waals surface area (Å²) in [6, 6.07) is 8.19. The molecule has 2 N–H and O–H groups in total. The van der Waals surface area contributed by atoms with E-state index in [1.165, 1.54) is 5.56 Å². The molecule has 0 aliphatic carbocycles. The molecule has 19 heavy (non-hydrogen) atoms. The zero-order valence-electron chi connectivity index (χ0n) is 11.0. The number of H-pyrrole nitrogens is 1. The van der Waals surface area contributed by atoms with Crippen molar-refractivity contribution in [3.05, 3.63) is 45.9 Å². The van der Waals surface area contributed by atoms with Gasteiger partial charge in [-0.25, -0.2) is 4.79 Å². The highest BCUT2D eigenvalue weighted by Crippen LogP contribution is 2.28. The van der Waals surface area contributed by atoms with Crippen LogP contribution in [0.3, 0.4) is 0 Å². The van der Waals surface area contributed by atoms with Crippen molar-refractivity contribution in [2.24, 2.45) is 0 Å². The fourth-order valence-corrected chi connectivity index (χ4v) is 2.57. The van der Waals surface area contributed by atoms with Crippen molar-refractivity contribution in [3.63, 3.8) is 0 Å². The number of hydrogen-bond donors (Lipinski definition) is 2. The number of anilines is 1. The van der Waals surface area contributed by atoms with Gasteiger partial charge < -0.3 is 10.3 Å². The third-order valence-electron chi connectivity index (χ3n) is 3.49. The molecule has 0 radical (unpaired) electrons. The summed E-state index contributed by atoms with van der Waals surface area (Å²) in [5, 5.41) is 3.26. The summed E-state index contributed by atoms with van der Waals surface area (Å²) in [6.07, 6.45) is 3.18. The summed E-state index contributed by atoms with van der Waals surface area (Å²) in [7, 11) is 0. The fourth-order valence-electron chi connectivity index (χ4n) is 2.57. The van der Waals surface area contributed by atoms with Gasteiger partial charge in [-0.2, -0.15) is 4.98 Å². The number of aromatic amines is 1. The maximum Gasteiger partial charge on any atom is 0.347 e. The number of nitrogens with one attached hydrogen (secondary N) is 2. The van der Waals surface area contributed by atoms with Crippen LogP contribution in [0, 0.1) is 6.92 Å². The molecular formula is C15H17N3O. The second-order valence-corrected chi connectivity index (χ2v) is 5.00. The first-order valence-corrected chi connectivity index (χ1v) is 6.68.